The lowest BCUT2D eigenvalue weighted by molar-refractivity contribution is 0.129. The normalized spacial score (nSPS) is 15.5. The smallest absolute Gasteiger partial charge is 0.312 e. The maximum atomic E-state index is 13.3. The van der Waals surface area contributed by atoms with Crippen LogP contribution in [0.5, 0.6) is 5.75 Å². The first kappa shape index (κ1) is 22.2. The monoisotopic (exact) mass is 421 g/mol. The van der Waals surface area contributed by atoms with Gasteiger partial charge in [0.25, 0.3) is 0 Å². The van der Waals surface area contributed by atoms with Crippen molar-refractivity contribution < 1.29 is 24.2 Å². The molecule has 0 fully saturated rings. The van der Waals surface area contributed by atoms with Crippen LogP contribution in [0.25, 0.3) is 0 Å². The lowest BCUT2D eigenvalue weighted by Gasteiger charge is -2.41. The summed E-state index contributed by atoms with van der Waals surface area (Å²) in [4.78, 5) is 1.75. The summed E-state index contributed by atoms with van der Waals surface area (Å²) in [6.07, 6.45) is 1.13. The summed E-state index contributed by atoms with van der Waals surface area (Å²) in [6, 6.07) is 8.62. The second-order valence-corrected chi connectivity index (χ2v) is 10.2. The maximum absolute atomic E-state index is 13.3. The van der Waals surface area contributed by atoms with Crippen LogP contribution in [0, 0.1) is 0 Å². The van der Waals surface area contributed by atoms with E-state index in [9.17, 15) is 19.4 Å². The molecule has 2 aromatic rings. The van der Waals surface area contributed by atoms with Crippen LogP contribution < -0.4 is 4.74 Å². The molecule has 0 heterocycles. The van der Waals surface area contributed by atoms with E-state index in [1.807, 2.05) is 40.7 Å². The number of hydrogen-bond donors (Lipinski definition) is 0. The van der Waals surface area contributed by atoms with Crippen LogP contribution in [-0.4, -0.2) is 11.8 Å². The fourth-order valence-corrected chi connectivity index (χ4v) is 3.43. The number of rotatable bonds is 5. The Labute approximate surface area is 162 Å². The molecule has 0 N–H and O–H groups in total. The molecule has 2 nitrogen and oxygen atoms in total. The van der Waals surface area contributed by atoms with Crippen molar-refractivity contribution in [2.24, 2.45) is 4.99 Å². The third-order valence-electron chi connectivity index (χ3n) is 3.73. The number of ether oxygens (including phenoxy) is 1. The number of aliphatic imine (C=N–C) groups is 1. The van der Waals surface area contributed by atoms with Gasteiger partial charge < -0.3 is 4.74 Å². The predicted octanol–water partition coefficient (Wildman–Crippen LogP) is 8.40. The van der Waals surface area contributed by atoms with Gasteiger partial charge in [0, 0.05) is 11.8 Å². The van der Waals surface area contributed by atoms with E-state index >= 15 is 0 Å². The summed E-state index contributed by atoms with van der Waals surface area (Å²) in [5, 5.41) is 0. The third kappa shape index (κ3) is 5.70. The van der Waals surface area contributed by atoms with Gasteiger partial charge in [-0.1, -0.05) is 57.5 Å². The van der Waals surface area contributed by atoms with Crippen LogP contribution in [0.4, 0.5) is 25.1 Å². The number of nitrogens with zero attached hydrogens (tertiary/aromatic N) is 1. The summed E-state index contributed by atoms with van der Waals surface area (Å²) in [5.41, 5.74) is -0.133. The number of halogens is 5. The molecule has 2 rings (SSSR count). The molecule has 0 aliphatic heterocycles. The Kier molecular flexibility index (Phi) is 5.13. The van der Waals surface area contributed by atoms with E-state index in [0.717, 1.165) is 23.9 Å². The summed E-state index contributed by atoms with van der Waals surface area (Å²) in [7, 11) is -9.86. The molecule has 0 amide bonds. The number of para-hydroxylation sites is 2. The fraction of sp³-hybridized carbons (Fsp3) is 0.350. The Hall–Kier alpha value is -2.09. The predicted molar refractivity (Wildman–Crippen MR) is 106 cm³/mol. The van der Waals surface area contributed by atoms with Gasteiger partial charge in [0.2, 0.25) is 0 Å². The fourth-order valence-electron chi connectivity index (χ4n) is 2.58. The molecular weight excluding hydrogens is 397 g/mol. The molecule has 0 bridgehead atoms. The minimum Gasteiger partial charge on any atom is -0.487 e. The quantitative estimate of drug-likeness (QED) is 0.351. The molecule has 2 aromatic carbocycles. The van der Waals surface area contributed by atoms with Crippen LogP contribution in [-0.2, 0) is 0 Å². The highest BCUT2D eigenvalue weighted by Gasteiger charge is 2.66. The van der Waals surface area contributed by atoms with Crippen LogP contribution in [0.1, 0.15) is 51.7 Å². The maximum Gasteiger partial charge on any atom is 0.312 e. The molecule has 28 heavy (non-hydrogen) atoms. The average Bonchev–Trinajstić information content (AvgIpc) is 2.50. The Bertz CT molecular complexity index is 900. The summed E-state index contributed by atoms with van der Waals surface area (Å²) in [5.74, 6) is 0.557. The van der Waals surface area contributed by atoms with Crippen LogP contribution in [0.3, 0.4) is 0 Å². The van der Waals surface area contributed by atoms with Gasteiger partial charge in [0.05, 0.1) is 5.69 Å². The lowest BCUT2D eigenvalue weighted by Crippen LogP contribution is -2.24. The van der Waals surface area contributed by atoms with Crippen molar-refractivity contribution in [3.8, 4) is 5.75 Å². The minimum atomic E-state index is -9.86. The first-order valence-corrected chi connectivity index (χ1v) is 10.6. The second kappa shape index (κ2) is 6.47. The summed E-state index contributed by atoms with van der Waals surface area (Å²) < 4.78 is 72.5. The van der Waals surface area contributed by atoms with E-state index in [-0.39, 0.29) is 5.92 Å². The molecule has 0 aliphatic carbocycles. The standard InChI is InChI=1S/C20H24F5NOS/c1-14(2)16-10-8-9-15(19(16)27-20(3,4)5)13-26-17-11-6-7-12-18(17)28(21,22,23,24)25/h6-14H,1-5H3. The van der Waals surface area contributed by atoms with Gasteiger partial charge in [-0.3, -0.25) is 4.99 Å². The third-order valence-corrected chi connectivity index (χ3v) is 4.91. The van der Waals surface area contributed by atoms with Crippen molar-refractivity contribution >= 4 is 22.1 Å². The van der Waals surface area contributed by atoms with Gasteiger partial charge in [0.1, 0.15) is 16.2 Å². The Balaban J connectivity index is 2.60. The molecule has 0 saturated carbocycles. The Morgan fingerprint density at radius 3 is 2.07 bits per heavy atom. The zero-order valence-electron chi connectivity index (χ0n) is 16.3. The van der Waals surface area contributed by atoms with E-state index in [4.69, 9.17) is 4.74 Å². The first-order chi connectivity index (χ1) is 12.5. The van der Waals surface area contributed by atoms with Crippen molar-refractivity contribution in [2.75, 3.05) is 0 Å². The van der Waals surface area contributed by atoms with Gasteiger partial charge in [-0.05, 0) is 50.5 Å². The van der Waals surface area contributed by atoms with Crippen LogP contribution in [0.2, 0.25) is 0 Å². The van der Waals surface area contributed by atoms with E-state index in [2.05, 4.69) is 4.99 Å². The van der Waals surface area contributed by atoms with Crippen molar-refractivity contribution in [1.82, 2.24) is 0 Å². The molecule has 0 atom stereocenters. The van der Waals surface area contributed by atoms with E-state index < -0.39 is 26.4 Å². The van der Waals surface area contributed by atoms with Crippen molar-refractivity contribution in [3.05, 3.63) is 53.6 Å². The molecule has 0 unspecified atom stereocenters. The van der Waals surface area contributed by atoms with Crippen LogP contribution >= 0.6 is 10.2 Å². The molecular formula is C20H24F5NOS. The minimum absolute atomic E-state index is 0.0858. The van der Waals surface area contributed by atoms with Crippen molar-refractivity contribution in [2.45, 2.75) is 51.0 Å². The number of hydrogen-bond acceptors (Lipinski definition) is 2. The van der Waals surface area contributed by atoms with Gasteiger partial charge >= 0.3 is 10.2 Å². The highest BCUT2D eigenvalue weighted by Crippen LogP contribution is 3.03. The van der Waals surface area contributed by atoms with Gasteiger partial charge in [0.15, 0.2) is 0 Å². The second-order valence-electron chi connectivity index (χ2n) is 7.83. The molecule has 0 aromatic heterocycles. The molecule has 0 radical (unpaired) electrons. The SMILES string of the molecule is CC(C)c1cccc(C=Nc2ccccc2S(F)(F)(F)(F)F)c1OC(C)(C)C. The van der Waals surface area contributed by atoms with E-state index in [0.29, 0.717) is 17.4 Å². The van der Waals surface area contributed by atoms with Crippen molar-refractivity contribution in [1.29, 1.82) is 0 Å². The zero-order valence-corrected chi connectivity index (χ0v) is 17.2. The summed E-state index contributed by atoms with van der Waals surface area (Å²) in [6.45, 7) is 9.43. The molecule has 0 spiro atoms. The lowest BCUT2D eigenvalue weighted by atomic mass is 9.98. The molecule has 0 saturated heterocycles. The van der Waals surface area contributed by atoms with E-state index in [1.54, 1.807) is 12.1 Å². The van der Waals surface area contributed by atoms with Gasteiger partial charge in [-0.15, -0.1) is 0 Å². The average molecular weight is 421 g/mol. The van der Waals surface area contributed by atoms with Crippen LogP contribution in [0.15, 0.2) is 52.4 Å². The van der Waals surface area contributed by atoms with Crippen molar-refractivity contribution in [3.63, 3.8) is 0 Å². The van der Waals surface area contributed by atoms with Gasteiger partial charge in [-0.25, -0.2) is 0 Å². The first-order valence-electron chi connectivity index (χ1n) is 8.67. The van der Waals surface area contributed by atoms with Gasteiger partial charge in [-0.2, -0.15) is 0 Å². The molecule has 0 aliphatic rings. The molecule has 156 valence electrons. The highest BCUT2D eigenvalue weighted by molar-refractivity contribution is 8.45. The highest BCUT2D eigenvalue weighted by atomic mass is 32.5. The largest absolute Gasteiger partial charge is 0.487 e. The summed E-state index contributed by atoms with van der Waals surface area (Å²) >= 11 is 0. The topological polar surface area (TPSA) is 21.6 Å². The Morgan fingerprint density at radius 2 is 1.54 bits per heavy atom. The molecule has 8 heteroatoms. The van der Waals surface area contributed by atoms with E-state index in [1.165, 1.54) is 6.07 Å². The number of benzene rings is 2. The zero-order chi connectivity index (χ0) is 21.4. The Morgan fingerprint density at radius 1 is 0.929 bits per heavy atom.